The second-order valence-corrected chi connectivity index (χ2v) is 7.77. The van der Waals surface area contributed by atoms with E-state index in [0.717, 1.165) is 29.5 Å². The van der Waals surface area contributed by atoms with Crippen molar-refractivity contribution < 1.29 is 8.42 Å². The number of piperidine rings is 1. The molecule has 4 nitrogen and oxygen atoms in total. The zero-order valence-corrected chi connectivity index (χ0v) is 13.3. The number of rotatable bonds is 3. The van der Waals surface area contributed by atoms with Crippen molar-refractivity contribution in [2.24, 2.45) is 11.7 Å². The summed E-state index contributed by atoms with van der Waals surface area (Å²) < 4.78 is 27.3. The molecule has 1 saturated heterocycles. The maximum absolute atomic E-state index is 12.8. The van der Waals surface area contributed by atoms with Crippen molar-refractivity contribution in [3.8, 4) is 0 Å². The van der Waals surface area contributed by atoms with Crippen molar-refractivity contribution >= 4 is 10.0 Å². The first kappa shape index (κ1) is 15.5. The summed E-state index contributed by atoms with van der Waals surface area (Å²) in [5.74, 6) is 0.429. The number of nitrogens with two attached hydrogens (primary N) is 1. The minimum absolute atomic E-state index is 0.366. The fraction of sp³-hybridized carbons (Fsp3) is 0.600. The number of hydrogen-bond donors (Lipinski definition) is 1. The molecular formula is C15H24N2O2S. The summed E-state index contributed by atoms with van der Waals surface area (Å²) >= 11 is 0. The maximum atomic E-state index is 12.8. The second kappa shape index (κ2) is 5.84. The number of hydrogen-bond acceptors (Lipinski definition) is 3. The topological polar surface area (TPSA) is 63.4 Å². The molecular weight excluding hydrogens is 272 g/mol. The van der Waals surface area contributed by atoms with E-state index in [1.807, 2.05) is 19.9 Å². The van der Waals surface area contributed by atoms with Crippen LogP contribution in [-0.2, 0) is 16.6 Å². The Kier molecular flexibility index (Phi) is 4.52. The Balaban J connectivity index is 2.43. The minimum atomic E-state index is -3.40. The van der Waals surface area contributed by atoms with Gasteiger partial charge in [0.1, 0.15) is 0 Å². The maximum Gasteiger partial charge on any atom is 0.243 e. The Bertz CT molecular complexity index is 596. The number of aryl methyl sites for hydroxylation is 2. The predicted octanol–water partition coefficient (Wildman–Crippen LogP) is 2.18. The van der Waals surface area contributed by atoms with E-state index in [0.29, 0.717) is 30.4 Å². The highest BCUT2D eigenvalue weighted by molar-refractivity contribution is 7.89. The molecule has 0 radical (unpaired) electrons. The largest absolute Gasteiger partial charge is 0.326 e. The molecule has 1 aromatic carbocycles. The molecule has 0 amide bonds. The number of benzene rings is 1. The first-order valence-corrected chi connectivity index (χ1v) is 8.60. The van der Waals surface area contributed by atoms with Gasteiger partial charge in [0, 0.05) is 19.6 Å². The van der Waals surface area contributed by atoms with Crippen molar-refractivity contribution in [1.82, 2.24) is 4.31 Å². The van der Waals surface area contributed by atoms with Crippen molar-refractivity contribution in [3.63, 3.8) is 0 Å². The van der Waals surface area contributed by atoms with Crippen molar-refractivity contribution in [3.05, 3.63) is 28.8 Å². The molecule has 1 heterocycles. The molecule has 0 aliphatic carbocycles. The normalized spacial score (nSPS) is 21.1. The highest BCUT2D eigenvalue weighted by Crippen LogP contribution is 2.27. The van der Waals surface area contributed by atoms with Gasteiger partial charge in [0.15, 0.2) is 0 Å². The first-order valence-electron chi connectivity index (χ1n) is 7.16. The molecule has 0 aromatic heterocycles. The third-order valence-electron chi connectivity index (χ3n) is 4.09. The smallest absolute Gasteiger partial charge is 0.243 e. The Morgan fingerprint density at radius 2 is 2.00 bits per heavy atom. The molecule has 1 aromatic rings. The Hall–Kier alpha value is -0.910. The summed E-state index contributed by atoms with van der Waals surface area (Å²) in [4.78, 5) is 0.414. The van der Waals surface area contributed by atoms with Gasteiger partial charge in [-0.05, 0) is 55.4 Å². The first-order chi connectivity index (χ1) is 9.36. The van der Waals surface area contributed by atoms with Crippen LogP contribution in [0.5, 0.6) is 0 Å². The van der Waals surface area contributed by atoms with Gasteiger partial charge in [-0.15, -0.1) is 0 Å². The summed E-state index contributed by atoms with van der Waals surface area (Å²) in [6, 6.07) is 3.67. The van der Waals surface area contributed by atoms with Crippen LogP contribution in [0.3, 0.4) is 0 Å². The Morgan fingerprint density at radius 3 is 2.60 bits per heavy atom. The van der Waals surface area contributed by atoms with Crippen molar-refractivity contribution in [2.75, 3.05) is 13.1 Å². The van der Waals surface area contributed by atoms with E-state index in [2.05, 4.69) is 6.92 Å². The number of sulfonamides is 1. The molecule has 2 N–H and O–H groups in total. The van der Waals surface area contributed by atoms with Crippen LogP contribution < -0.4 is 5.73 Å². The molecule has 1 fully saturated rings. The van der Waals surface area contributed by atoms with Crippen LogP contribution in [0, 0.1) is 19.8 Å². The molecule has 1 aliphatic heterocycles. The van der Waals surface area contributed by atoms with Gasteiger partial charge in [0.25, 0.3) is 0 Å². The van der Waals surface area contributed by atoms with Gasteiger partial charge in [0.05, 0.1) is 4.90 Å². The molecule has 0 bridgehead atoms. The van der Waals surface area contributed by atoms with E-state index < -0.39 is 10.0 Å². The summed E-state index contributed by atoms with van der Waals surface area (Å²) in [6.07, 6.45) is 2.04. The summed E-state index contributed by atoms with van der Waals surface area (Å²) in [5, 5.41) is 0. The molecule has 1 atom stereocenters. The Labute approximate surface area is 122 Å². The SMILES string of the molecule is Cc1cc(C)c(S(=O)(=O)N2CCCC(C)C2)cc1CN. The summed E-state index contributed by atoms with van der Waals surface area (Å²) in [7, 11) is -3.40. The molecule has 20 heavy (non-hydrogen) atoms. The molecule has 2 rings (SSSR count). The molecule has 5 heteroatoms. The average molecular weight is 296 g/mol. The number of nitrogens with zero attached hydrogens (tertiary/aromatic N) is 1. The predicted molar refractivity (Wildman–Crippen MR) is 81.0 cm³/mol. The van der Waals surface area contributed by atoms with Crippen LogP contribution >= 0.6 is 0 Å². The second-order valence-electron chi connectivity index (χ2n) is 5.86. The van der Waals surface area contributed by atoms with E-state index in [1.54, 1.807) is 10.4 Å². The van der Waals surface area contributed by atoms with Crippen LogP contribution in [0.2, 0.25) is 0 Å². The zero-order valence-electron chi connectivity index (χ0n) is 12.5. The minimum Gasteiger partial charge on any atom is -0.326 e. The highest BCUT2D eigenvalue weighted by atomic mass is 32.2. The van der Waals surface area contributed by atoms with E-state index in [1.165, 1.54) is 0 Å². The zero-order chi connectivity index (χ0) is 14.9. The molecule has 1 unspecified atom stereocenters. The van der Waals surface area contributed by atoms with Crippen LogP contribution in [0.25, 0.3) is 0 Å². The third kappa shape index (κ3) is 2.90. The van der Waals surface area contributed by atoms with Gasteiger partial charge >= 0.3 is 0 Å². The van der Waals surface area contributed by atoms with E-state index in [9.17, 15) is 8.42 Å². The van der Waals surface area contributed by atoms with E-state index in [4.69, 9.17) is 5.73 Å². The van der Waals surface area contributed by atoms with Crippen LogP contribution in [0.1, 0.15) is 36.5 Å². The highest BCUT2D eigenvalue weighted by Gasteiger charge is 2.30. The molecule has 0 spiro atoms. The fourth-order valence-electron chi connectivity index (χ4n) is 2.88. The quantitative estimate of drug-likeness (QED) is 0.930. The third-order valence-corrected chi connectivity index (χ3v) is 6.10. The van der Waals surface area contributed by atoms with Gasteiger partial charge in [-0.3, -0.25) is 0 Å². The lowest BCUT2D eigenvalue weighted by Gasteiger charge is -2.30. The standard InChI is InChI=1S/C15H24N2O2S/c1-11-5-4-6-17(10-11)20(18,19)15-8-14(9-16)12(2)7-13(15)3/h7-8,11H,4-6,9-10,16H2,1-3H3. The van der Waals surface area contributed by atoms with Gasteiger partial charge in [0.2, 0.25) is 10.0 Å². The monoisotopic (exact) mass is 296 g/mol. The summed E-state index contributed by atoms with van der Waals surface area (Å²) in [5.41, 5.74) is 8.46. The van der Waals surface area contributed by atoms with Gasteiger partial charge in [-0.1, -0.05) is 13.0 Å². The lowest BCUT2D eigenvalue weighted by atomic mass is 10.0. The van der Waals surface area contributed by atoms with E-state index in [-0.39, 0.29) is 0 Å². The molecule has 1 aliphatic rings. The average Bonchev–Trinajstić information content (AvgIpc) is 2.38. The van der Waals surface area contributed by atoms with Gasteiger partial charge in [-0.25, -0.2) is 8.42 Å². The van der Waals surface area contributed by atoms with Crippen LogP contribution in [0.15, 0.2) is 17.0 Å². The van der Waals surface area contributed by atoms with Gasteiger partial charge in [-0.2, -0.15) is 4.31 Å². The lowest BCUT2D eigenvalue weighted by Crippen LogP contribution is -2.39. The van der Waals surface area contributed by atoms with Crippen LogP contribution in [0.4, 0.5) is 0 Å². The molecule has 0 saturated carbocycles. The van der Waals surface area contributed by atoms with Crippen LogP contribution in [-0.4, -0.2) is 25.8 Å². The van der Waals surface area contributed by atoms with E-state index >= 15 is 0 Å². The summed E-state index contributed by atoms with van der Waals surface area (Å²) in [6.45, 7) is 7.54. The Morgan fingerprint density at radius 1 is 1.30 bits per heavy atom. The lowest BCUT2D eigenvalue weighted by molar-refractivity contribution is 0.281. The fourth-order valence-corrected chi connectivity index (χ4v) is 4.73. The molecule has 112 valence electrons. The van der Waals surface area contributed by atoms with Crippen molar-refractivity contribution in [1.29, 1.82) is 0 Å². The van der Waals surface area contributed by atoms with Crippen molar-refractivity contribution in [2.45, 2.75) is 45.1 Å². The van der Waals surface area contributed by atoms with Gasteiger partial charge < -0.3 is 5.73 Å².